The molecule has 100 valence electrons. The molecule has 0 bridgehead atoms. The van der Waals surface area contributed by atoms with Crippen molar-refractivity contribution < 1.29 is 19.4 Å². The second-order valence-corrected chi connectivity index (χ2v) is 5.49. The molecule has 2 N–H and O–H groups in total. The lowest BCUT2D eigenvalue weighted by Gasteiger charge is -2.18. The van der Waals surface area contributed by atoms with E-state index in [1.807, 2.05) is 0 Å². The molecule has 3 nitrogen and oxygen atoms in total. The van der Waals surface area contributed by atoms with Crippen molar-refractivity contribution in [1.29, 1.82) is 0 Å². The maximum Gasteiger partial charge on any atom is 0.185 e. The van der Waals surface area contributed by atoms with E-state index in [9.17, 15) is 19.4 Å². The van der Waals surface area contributed by atoms with Crippen LogP contribution in [0.25, 0.3) is 0 Å². The molecule has 0 fully saturated rings. The largest absolute Gasteiger partial charge is 0.390 e. The lowest BCUT2D eigenvalue weighted by Crippen LogP contribution is -2.19. The third kappa shape index (κ3) is 4.57. The monoisotopic (exact) mass is 292 g/mol. The Balaban J connectivity index is 2.59. The highest BCUT2D eigenvalue weighted by atomic mass is 35.5. The summed E-state index contributed by atoms with van der Waals surface area (Å²) in [6.45, 7) is 1.43. The summed E-state index contributed by atoms with van der Waals surface area (Å²) in [4.78, 5) is 10.7. The summed E-state index contributed by atoms with van der Waals surface area (Å²) in [5, 5.41) is 19.4. The topological polar surface area (TPSA) is 57.5 Å². The van der Waals surface area contributed by atoms with E-state index in [0.717, 1.165) is 17.8 Å². The van der Waals surface area contributed by atoms with Crippen LogP contribution in [-0.2, 0) is 4.79 Å². The fourth-order valence-corrected chi connectivity index (χ4v) is 2.16. The Kier molecular flexibility index (Phi) is 6.08. The SMILES string of the molecule is CC(=O)SCCC(O)C(O)c1ccc(Cl)c(F)c1. The molecule has 0 aliphatic heterocycles. The van der Waals surface area contributed by atoms with Crippen LogP contribution in [0.2, 0.25) is 5.02 Å². The molecule has 0 aliphatic rings. The molecule has 1 rings (SSSR count). The maximum atomic E-state index is 13.2. The van der Waals surface area contributed by atoms with E-state index in [0.29, 0.717) is 5.75 Å². The summed E-state index contributed by atoms with van der Waals surface area (Å²) in [6, 6.07) is 3.87. The number of rotatable bonds is 5. The molecule has 0 aromatic heterocycles. The highest BCUT2D eigenvalue weighted by Crippen LogP contribution is 2.24. The van der Waals surface area contributed by atoms with Gasteiger partial charge >= 0.3 is 0 Å². The van der Waals surface area contributed by atoms with Gasteiger partial charge < -0.3 is 10.2 Å². The van der Waals surface area contributed by atoms with Crippen LogP contribution in [-0.4, -0.2) is 27.2 Å². The van der Waals surface area contributed by atoms with Crippen LogP contribution in [0.3, 0.4) is 0 Å². The molecule has 0 spiro atoms. The Labute approximate surface area is 114 Å². The number of aliphatic hydroxyl groups is 2. The molecule has 2 unspecified atom stereocenters. The van der Waals surface area contributed by atoms with Crippen LogP contribution in [0.5, 0.6) is 0 Å². The van der Waals surface area contributed by atoms with Crippen molar-refractivity contribution in [2.24, 2.45) is 0 Å². The van der Waals surface area contributed by atoms with Gasteiger partial charge in [0.2, 0.25) is 0 Å². The minimum absolute atomic E-state index is 0.0347. The first-order chi connectivity index (χ1) is 8.41. The number of hydrogen-bond donors (Lipinski definition) is 2. The van der Waals surface area contributed by atoms with E-state index < -0.39 is 18.0 Å². The zero-order chi connectivity index (χ0) is 13.7. The molecule has 0 saturated carbocycles. The number of benzene rings is 1. The highest BCUT2D eigenvalue weighted by molar-refractivity contribution is 8.13. The summed E-state index contributed by atoms with van der Waals surface area (Å²) in [7, 11) is 0. The molecule has 0 aliphatic carbocycles. The third-order valence-electron chi connectivity index (χ3n) is 2.37. The van der Waals surface area contributed by atoms with Gasteiger partial charge in [-0.2, -0.15) is 0 Å². The predicted molar refractivity (Wildman–Crippen MR) is 70.1 cm³/mol. The van der Waals surface area contributed by atoms with Crippen LogP contribution in [0.4, 0.5) is 4.39 Å². The Bertz CT molecular complexity index is 428. The van der Waals surface area contributed by atoms with E-state index in [2.05, 4.69) is 0 Å². The lowest BCUT2D eigenvalue weighted by atomic mass is 10.0. The van der Waals surface area contributed by atoms with Crippen LogP contribution < -0.4 is 0 Å². The van der Waals surface area contributed by atoms with Gasteiger partial charge in [-0.25, -0.2) is 4.39 Å². The summed E-state index contributed by atoms with van der Waals surface area (Å²) in [5.74, 6) is -0.234. The Morgan fingerprint density at radius 1 is 1.50 bits per heavy atom. The van der Waals surface area contributed by atoms with Crippen LogP contribution in [0, 0.1) is 5.82 Å². The third-order valence-corrected chi connectivity index (χ3v) is 3.52. The summed E-state index contributed by atoms with van der Waals surface area (Å²) >= 11 is 6.60. The molecular weight excluding hydrogens is 279 g/mol. The quantitative estimate of drug-likeness (QED) is 0.876. The maximum absolute atomic E-state index is 13.2. The number of carbonyl (C=O) groups is 1. The molecule has 1 aromatic rings. The number of thioether (sulfide) groups is 1. The lowest BCUT2D eigenvalue weighted by molar-refractivity contribution is -0.109. The Morgan fingerprint density at radius 2 is 2.17 bits per heavy atom. The fraction of sp³-hybridized carbons (Fsp3) is 0.417. The molecule has 0 heterocycles. The highest BCUT2D eigenvalue weighted by Gasteiger charge is 2.19. The minimum Gasteiger partial charge on any atom is -0.390 e. The van der Waals surface area contributed by atoms with Crippen molar-refractivity contribution in [3.8, 4) is 0 Å². The predicted octanol–water partition coefficient (Wildman–Crippen LogP) is 2.54. The molecule has 18 heavy (non-hydrogen) atoms. The molecule has 0 radical (unpaired) electrons. The fourth-order valence-electron chi connectivity index (χ4n) is 1.40. The van der Waals surface area contributed by atoms with Gasteiger partial charge in [0.25, 0.3) is 0 Å². The smallest absolute Gasteiger partial charge is 0.185 e. The van der Waals surface area contributed by atoms with Crippen LogP contribution >= 0.6 is 23.4 Å². The van der Waals surface area contributed by atoms with Crippen molar-refractivity contribution in [2.45, 2.75) is 25.6 Å². The number of carbonyl (C=O) groups excluding carboxylic acids is 1. The Hall–Kier alpha value is -0.620. The zero-order valence-corrected chi connectivity index (χ0v) is 11.3. The van der Waals surface area contributed by atoms with Gasteiger partial charge in [0.05, 0.1) is 11.1 Å². The second kappa shape index (κ2) is 7.09. The van der Waals surface area contributed by atoms with Crippen molar-refractivity contribution in [3.05, 3.63) is 34.6 Å². The average molecular weight is 293 g/mol. The van der Waals surface area contributed by atoms with E-state index in [1.165, 1.54) is 19.1 Å². The second-order valence-electron chi connectivity index (χ2n) is 3.81. The standard InChI is InChI=1S/C12H14ClFO3S/c1-7(15)18-5-4-11(16)12(17)8-2-3-9(13)10(14)6-8/h2-3,6,11-12,16-17H,4-5H2,1H3. The van der Waals surface area contributed by atoms with Crippen molar-refractivity contribution in [3.63, 3.8) is 0 Å². The van der Waals surface area contributed by atoms with Crippen LogP contribution in [0.1, 0.15) is 25.0 Å². The van der Waals surface area contributed by atoms with Crippen molar-refractivity contribution >= 4 is 28.5 Å². The summed E-state index contributed by atoms with van der Waals surface area (Å²) in [6.07, 6.45) is -1.99. The van der Waals surface area contributed by atoms with Gasteiger partial charge in [-0.1, -0.05) is 29.4 Å². The molecule has 1 aromatic carbocycles. The molecule has 6 heteroatoms. The molecular formula is C12H14ClFO3S. The first kappa shape index (κ1) is 15.4. The first-order valence-electron chi connectivity index (χ1n) is 5.36. The summed E-state index contributed by atoms with van der Waals surface area (Å²) in [5.41, 5.74) is 0.261. The number of hydrogen-bond acceptors (Lipinski definition) is 4. The van der Waals surface area contributed by atoms with Crippen LogP contribution in [0.15, 0.2) is 18.2 Å². The van der Waals surface area contributed by atoms with E-state index >= 15 is 0 Å². The van der Waals surface area contributed by atoms with E-state index in [4.69, 9.17) is 11.6 Å². The van der Waals surface area contributed by atoms with Gasteiger partial charge in [0, 0.05) is 12.7 Å². The molecule has 0 amide bonds. The van der Waals surface area contributed by atoms with Gasteiger partial charge in [-0.05, 0) is 24.1 Å². The van der Waals surface area contributed by atoms with Gasteiger partial charge in [0.1, 0.15) is 11.9 Å². The molecule has 2 atom stereocenters. The first-order valence-corrected chi connectivity index (χ1v) is 6.72. The average Bonchev–Trinajstić information content (AvgIpc) is 2.31. The van der Waals surface area contributed by atoms with Crippen molar-refractivity contribution in [2.75, 3.05) is 5.75 Å². The van der Waals surface area contributed by atoms with Gasteiger partial charge in [0.15, 0.2) is 5.12 Å². The zero-order valence-electron chi connectivity index (χ0n) is 9.77. The minimum atomic E-state index is -1.19. The van der Waals surface area contributed by atoms with E-state index in [-0.39, 0.29) is 22.1 Å². The molecule has 0 saturated heterocycles. The van der Waals surface area contributed by atoms with E-state index in [1.54, 1.807) is 0 Å². The number of halogens is 2. The normalized spacial score (nSPS) is 14.3. The van der Waals surface area contributed by atoms with Gasteiger partial charge in [-0.15, -0.1) is 0 Å². The van der Waals surface area contributed by atoms with Gasteiger partial charge in [-0.3, -0.25) is 4.79 Å². The number of aliphatic hydroxyl groups excluding tert-OH is 2. The van der Waals surface area contributed by atoms with Crippen molar-refractivity contribution in [1.82, 2.24) is 0 Å². The Morgan fingerprint density at radius 3 is 2.72 bits per heavy atom. The summed E-state index contributed by atoms with van der Waals surface area (Å²) < 4.78 is 13.2.